The van der Waals surface area contributed by atoms with Crippen molar-refractivity contribution in [2.45, 2.75) is 38.4 Å². The maximum absolute atomic E-state index is 11.7. The third kappa shape index (κ3) is 4.75. The number of anilines is 2. The summed E-state index contributed by atoms with van der Waals surface area (Å²) in [5, 5.41) is 0. The van der Waals surface area contributed by atoms with Gasteiger partial charge in [0.15, 0.2) is 11.5 Å². The number of unbranched alkanes of at least 4 members (excludes halogenated alkanes) is 1. The van der Waals surface area contributed by atoms with Crippen molar-refractivity contribution in [3.05, 3.63) is 60.8 Å². The lowest BCUT2D eigenvalue weighted by atomic mass is 10.0. The third-order valence-corrected chi connectivity index (χ3v) is 6.28. The molecule has 0 saturated heterocycles. The molecule has 31 heavy (non-hydrogen) atoms. The second kappa shape index (κ2) is 9.11. The summed E-state index contributed by atoms with van der Waals surface area (Å²) in [5.74, 6) is 1.05. The van der Waals surface area contributed by atoms with E-state index in [0.29, 0.717) is 11.5 Å². The molecule has 8 heteroatoms. The van der Waals surface area contributed by atoms with Gasteiger partial charge in [0.1, 0.15) is 6.17 Å². The molecule has 0 aromatic heterocycles. The number of nitrogens with zero attached hydrogens (tertiary/aromatic N) is 3. The molecule has 2 aliphatic heterocycles. The average Bonchev–Trinajstić information content (AvgIpc) is 2.77. The number of aliphatic imine (C=N–C) groups is 1. The molecular weight excluding hydrogens is 414 g/mol. The SMILES string of the molecule is CCCCN1C=CC=NC1C(CCS(=O)(=O)O)N1c2ccccc2Oc2ccccc21. The van der Waals surface area contributed by atoms with E-state index in [1.807, 2.05) is 60.8 Å². The minimum Gasteiger partial charge on any atom is -0.453 e. The second-order valence-electron chi connectivity index (χ2n) is 7.69. The Morgan fingerprint density at radius 2 is 1.74 bits per heavy atom. The molecule has 7 nitrogen and oxygen atoms in total. The van der Waals surface area contributed by atoms with E-state index in [0.717, 1.165) is 30.8 Å². The lowest BCUT2D eigenvalue weighted by molar-refractivity contribution is 0.236. The Morgan fingerprint density at radius 1 is 1.10 bits per heavy atom. The minimum absolute atomic E-state index is 0.208. The Morgan fingerprint density at radius 3 is 2.35 bits per heavy atom. The van der Waals surface area contributed by atoms with Gasteiger partial charge in [-0.2, -0.15) is 8.42 Å². The van der Waals surface area contributed by atoms with E-state index in [9.17, 15) is 13.0 Å². The van der Waals surface area contributed by atoms with Crippen LogP contribution in [-0.4, -0.2) is 48.6 Å². The number of hydrogen-bond acceptors (Lipinski definition) is 6. The number of benzene rings is 2. The molecule has 4 rings (SSSR count). The molecule has 0 bridgehead atoms. The first kappa shape index (κ1) is 21.4. The lowest BCUT2D eigenvalue weighted by Crippen LogP contribution is -2.50. The molecule has 2 unspecified atom stereocenters. The van der Waals surface area contributed by atoms with Crippen LogP contribution in [0.15, 0.2) is 65.8 Å². The summed E-state index contributed by atoms with van der Waals surface area (Å²) in [5.41, 5.74) is 1.70. The second-order valence-corrected chi connectivity index (χ2v) is 9.27. The molecule has 0 saturated carbocycles. The number of fused-ring (bicyclic) bond motifs is 2. The average molecular weight is 442 g/mol. The molecule has 164 valence electrons. The van der Waals surface area contributed by atoms with E-state index in [4.69, 9.17) is 9.73 Å². The molecule has 0 amide bonds. The van der Waals surface area contributed by atoms with E-state index in [-0.39, 0.29) is 24.4 Å². The van der Waals surface area contributed by atoms with Crippen LogP contribution in [0.3, 0.4) is 0 Å². The normalized spacial score (nSPS) is 18.3. The monoisotopic (exact) mass is 441 g/mol. The van der Waals surface area contributed by atoms with Crippen LogP contribution >= 0.6 is 0 Å². The number of allylic oxidation sites excluding steroid dienone is 1. The van der Waals surface area contributed by atoms with Crippen molar-refractivity contribution in [2.75, 3.05) is 17.2 Å². The molecule has 0 spiro atoms. The van der Waals surface area contributed by atoms with Crippen LogP contribution in [-0.2, 0) is 10.1 Å². The van der Waals surface area contributed by atoms with Crippen molar-refractivity contribution in [3.63, 3.8) is 0 Å². The summed E-state index contributed by atoms with van der Waals surface area (Å²) >= 11 is 0. The van der Waals surface area contributed by atoms with Gasteiger partial charge in [-0.1, -0.05) is 37.6 Å². The molecule has 0 radical (unpaired) electrons. The highest BCUT2D eigenvalue weighted by Gasteiger charge is 2.37. The smallest absolute Gasteiger partial charge is 0.264 e. The van der Waals surface area contributed by atoms with Crippen LogP contribution in [0.25, 0.3) is 0 Å². The predicted octanol–water partition coefficient (Wildman–Crippen LogP) is 4.60. The van der Waals surface area contributed by atoms with E-state index in [1.54, 1.807) is 6.21 Å². The van der Waals surface area contributed by atoms with Crippen LogP contribution in [0, 0.1) is 0 Å². The molecule has 1 N–H and O–H groups in total. The fraction of sp³-hybridized carbons (Fsp3) is 0.348. The number of ether oxygens (including phenoxy) is 1. The first-order valence-electron chi connectivity index (χ1n) is 10.5. The fourth-order valence-electron chi connectivity index (χ4n) is 4.10. The van der Waals surface area contributed by atoms with Gasteiger partial charge in [0.25, 0.3) is 10.1 Å². The molecule has 2 aliphatic rings. The summed E-state index contributed by atoms with van der Waals surface area (Å²) in [6.07, 6.45) is 7.60. The van der Waals surface area contributed by atoms with Gasteiger partial charge in [-0.25, -0.2) is 0 Å². The molecular formula is C23H27N3O4S. The van der Waals surface area contributed by atoms with Crippen molar-refractivity contribution in [1.29, 1.82) is 0 Å². The highest BCUT2D eigenvalue weighted by molar-refractivity contribution is 7.85. The number of rotatable bonds is 8. The Balaban J connectivity index is 1.80. The van der Waals surface area contributed by atoms with Gasteiger partial charge in [0.2, 0.25) is 0 Å². The minimum atomic E-state index is -4.13. The molecule has 2 heterocycles. The first-order valence-corrected chi connectivity index (χ1v) is 12.1. The van der Waals surface area contributed by atoms with E-state index in [2.05, 4.69) is 16.7 Å². The van der Waals surface area contributed by atoms with Crippen LogP contribution in [0.1, 0.15) is 26.2 Å². The van der Waals surface area contributed by atoms with Crippen molar-refractivity contribution in [3.8, 4) is 11.5 Å². The Labute approximate surface area is 183 Å². The van der Waals surface area contributed by atoms with Gasteiger partial charge in [-0.15, -0.1) is 0 Å². The van der Waals surface area contributed by atoms with Gasteiger partial charge in [-0.3, -0.25) is 9.55 Å². The summed E-state index contributed by atoms with van der Waals surface area (Å²) in [6.45, 7) is 2.95. The maximum atomic E-state index is 11.7. The highest BCUT2D eigenvalue weighted by atomic mass is 32.2. The first-order chi connectivity index (χ1) is 15.0. The highest BCUT2D eigenvalue weighted by Crippen LogP contribution is 2.48. The molecule has 2 aromatic rings. The largest absolute Gasteiger partial charge is 0.453 e. The van der Waals surface area contributed by atoms with Crippen LogP contribution in [0.4, 0.5) is 11.4 Å². The zero-order valence-corrected chi connectivity index (χ0v) is 18.3. The zero-order valence-electron chi connectivity index (χ0n) is 17.5. The van der Waals surface area contributed by atoms with Crippen molar-refractivity contribution in [2.24, 2.45) is 4.99 Å². The van der Waals surface area contributed by atoms with Gasteiger partial charge < -0.3 is 14.5 Å². The van der Waals surface area contributed by atoms with Crippen LogP contribution < -0.4 is 9.64 Å². The molecule has 2 atom stereocenters. The van der Waals surface area contributed by atoms with Gasteiger partial charge >= 0.3 is 0 Å². The standard InChI is InChI=1S/C23H27N3O4S/c1-2-3-15-25-16-8-14-24-23(25)20(13-17-31(27,28)29)26-18-9-4-6-11-21(18)30-22-12-7-5-10-19(22)26/h4-12,14,16,20,23H,2-3,13,15,17H2,1H3,(H,27,28,29). The van der Waals surface area contributed by atoms with Crippen LogP contribution in [0.2, 0.25) is 0 Å². The van der Waals surface area contributed by atoms with Crippen molar-refractivity contribution < 1.29 is 17.7 Å². The van der Waals surface area contributed by atoms with Crippen LogP contribution in [0.5, 0.6) is 11.5 Å². The van der Waals surface area contributed by atoms with E-state index < -0.39 is 10.1 Å². The molecule has 0 fully saturated rings. The van der Waals surface area contributed by atoms with Gasteiger partial charge in [0, 0.05) is 19.0 Å². The van der Waals surface area contributed by atoms with Gasteiger partial charge in [0.05, 0.1) is 23.2 Å². The Bertz CT molecular complexity index is 1040. The summed E-state index contributed by atoms with van der Waals surface area (Å²) in [6, 6.07) is 15.1. The summed E-state index contributed by atoms with van der Waals surface area (Å²) in [4.78, 5) is 9.00. The quantitative estimate of drug-likeness (QED) is 0.603. The number of para-hydroxylation sites is 4. The summed E-state index contributed by atoms with van der Waals surface area (Å²) in [7, 11) is -4.13. The number of hydrogen-bond donors (Lipinski definition) is 1. The van der Waals surface area contributed by atoms with Crippen molar-refractivity contribution in [1.82, 2.24) is 4.90 Å². The van der Waals surface area contributed by atoms with Gasteiger partial charge in [-0.05, 0) is 43.2 Å². The predicted molar refractivity (Wildman–Crippen MR) is 123 cm³/mol. The molecule has 0 aliphatic carbocycles. The third-order valence-electron chi connectivity index (χ3n) is 5.53. The lowest BCUT2D eigenvalue weighted by Gasteiger charge is -2.44. The Kier molecular flexibility index (Phi) is 6.29. The topological polar surface area (TPSA) is 82.4 Å². The Hall–Kier alpha value is -2.84. The van der Waals surface area contributed by atoms with Crippen molar-refractivity contribution >= 4 is 27.7 Å². The van der Waals surface area contributed by atoms with E-state index in [1.165, 1.54) is 0 Å². The molecule has 2 aromatic carbocycles. The van der Waals surface area contributed by atoms with E-state index >= 15 is 0 Å². The zero-order chi connectivity index (χ0) is 21.8. The maximum Gasteiger partial charge on any atom is 0.264 e. The fourth-order valence-corrected chi connectivity index (χ4v) is 4.64. The summed E-state index contributed by atoms with van der Waals surface area (Å²) < 4.78 is 39.0.